The molecule has 1 aliphatic carbocycles. The van der Waals surface area contributed by atoms with Gasteiger partial charge in [-0.3, -0.25) is 0 Å². The van der Waals surface area contributed by atoms with E-state index in [1.54, 1.807) is 6.20 Å². The highest BCUT2D eigenvalue weighted by molar-refractivity contribution is 6.28. The standard InChI is InChI=1S/C12H18ClN3/c1-8-3-4-10(9(2)7-8)15-11-5-6-14-12(13)16-11/h5-6,8-10H,3-4,7H2,1-2H3,(H,14,15,16). The monoisotopic (exact) mass is 239 g/mol. The van der Waals surface area contributed by atoms with E-state index in [-0.39, 0.29) is 0 Å². The van der Waals surface area contributed by atoms with Crippen LogP contribution in [0.1, 0.15) is 33.1 Å². The van der Waals surface area contributed by atoms with Gasteiger partial charge < -0.3 is 5.32 Å². The molecule has 0 saturated heterocycles. The smallest absolute Gasteiger partial charge is 0.224 e. The molecule has 4 heteroatoms. The molecule has 2 rings (SSSR count). The predicted molar refractivity (Wildman–Crippen MR) is 66.6 cm³/mol. The average molecular weight is 240 g/mol. The molecule has 88 valence electrons. The molecule has 16 heavy (non-hydrogen) atoms. The van der Waals surface area contributed by atoms with Crippen LogP contribution >= 0.6 is 11.6 Å². The number of anilines is 1. The first-order chi connectivity index (χ1) is 7.65. The highest BCUT2D eigenvalue weighted by Crippen LogP contribution is 2.30. The summed E-state index contributed by atoms with van der Waals surface area (Å²) in [6, 6.07) is 2.39. The molecule has 0 bridgehead atoms. The molecule has 1 saturated carbocycles. The molecule has 0 aliphatic heterocycles. The van der Waals surface area contributed by atoms with Gasteiger partial charge >= 0.3 is 0 Å². The zero-order valence-electron chi connectivity index (χ0n) is 9.78. The second-order valence-corrected chi connectivity index (χ2v) is 5.20. The third-order valence-corrected chi connectivity index (χ3v) is 3.57. The van der Waals surface area contributed by atoms with Crippen LogP contribution in [0.2, 0.25) is 5.28 Å². The van der Waals surface area contributed by atoms with Gasteiger partial charge in [0.15, 0.2) is 0 Å². The van der Waals surface area contributed by atoms with E-state index in [9.17, 15) is 0 Å². The Morgan fingerprint density at radius 3 is 2.88 bits per heavy atom. The van der Waals surface area contributed by atoms with Crippen molar-refractivity contribution in [1.29, 1.82) is 0 Å². The minimum Gasteiger partial charge on any atom is -0.367 e. The highest BCUT2D eigenvalue weighted by Gasteiger charge is 2.25. The maximum absolute atomic E-state index is 5.76. The van der Waals surface area contributed by atoms with Crippen molar-refractivity contribution >= 4 is 17.4 Å². The Balaban J connectivity index is 1.99. The van der Waals surface area contributed by atoms with Gasteiger partial charge in [0.25, 0.3) is 0 Å². The van der Waals surface area contributed by atoms with Crippen LogP contribution in [0.3, 0.4) is 0 Å². The number of hydrogen-bond acceptors (Lipinski definition) is 3. The van der Waals surface area contributed by atoms with Gasteiger partial charge in [-0.15, -0.1) is 0 Å². The van der Waals surface area contributed by atoms with Gasteiger partial charge in [0.1, 0.15) is 5.82 Å². The summed E-state index contributed by atoms with van der Waals surface area (Å²) in [5, 5.41) is 3.76. The van der Waals surface area contributed by atoms with Gasteiger partial charge in [-0.25, -0.2) is 9.97 Å². The van der Waals surface area contributed by atoms with E-state index >= 15 is 0 Å². The maximum atomic E-state index is 5.76. The van der Waals surface area contributed by atoms with Gasteiger partial charge in [0, 0.05) is 12.2 Å². The quantitative estimate of drug-likeness (QED) is 0.805. The zero-order valence-corrected chi connectivity index (χ0v) is 10.5. The van der Waals surface area contributed by atoms with Crippen LogP contribution in [0.15, 0.2) is 12.3 Å². The van der Waals surface area contributed by atoms with Gasteiger partial charge in [-0.1, -0.05) is 13.8 Å². The second-order valence-electron chi connectivity index (χ2n) is 4.86. The van der Waals surface area contributed by atoms with Crippen LogP contribution in [0.25, 0.3) is 0 Å². The summed E-state index contributed by atoms with van der Waals surface area (Å²) in [7, 11) is 0. The van der Waals surface area contributed by atoms with Crippen molar-refractivity contribution in [1.82, 2.24) is 9.97 Å². The molecule has 0 radical (unpaired) electrons. The fraction of sp³-hybridized carbons (Fsp3) is 0.667. The van der Waals surface area contributed by atoms with Crippen molar-refractivity contribution in [3.63, 3.8) is 0 Å². The first-order valence-corrected chi connectivity index (χ1v) is 6.28. The Labute approximate surface area is 102 Å². The molecule has 3 nitrogen and oxygen atoms in total. The molecule has 1 aromatic heterocycles. The molecule has 3 atom stereocenters. The van der Waals surface area contributed by atoms with Crippen molar-refractivity contribution < 1.29 is 0 Å². The second kappa shape index (κ2) is 5.00. The number of nitrogens with zero attached hydrogens (tertiary/aromatic N) is 2. The molecule has 3 unspecified atom stereocenters. The number of halogens is 1. The molecule has 1 aliphatic rings. The lowest BCUT2D eigenvalue weighted by Crippen LogP contribution is -2.33. The summed E-state index contributed by atoms with van der Waals surface area (Å²) in [4.78, 5) is 8.04. The Morgan fingerprint density at radius 2 is 2.19 bits per heavy atom. The van der Waals surface area contributed by atoms with Gasteiger partial charge in [-0.2, -0.15) is 0 Å². The molecule has 1 heterocycles. The van der Waals surface area contributed by atoms with Crippen LogP contribution in [0, 0.1) is 11.8 Å². The minimum absolute atomic E-state index is 0.307. The molecule has 1 N–H and O–H groups in total. The first-order valence-electron chi connectivity index (χ1n) is 5.90. The lowest BCUT2D eigenvalue weighted by Gasteiger charge is -2.33. The maximum Gasteiger partial charge on any atom is 0.224 e. The largest absolute Gasteiger partial charge is 0.367 e. The Kier molecular flexibility index (Phi) is 3.64. The van der Waals surface area contributed by atoms with E-state index in [1.165, 1.54) is 19.3 Å². The van der Waals surface area contributed by atoms with Crippen LogP contribution in [-0.2, 0) is 0 Å². The minimum atomic E-state index is 0.307. The molecular formula is C12H18ClN3. The van der Waals surface area contributed by atoms with E-state index in [0.717, 1.165) is 11.7 Å². The van der Waals surface area contributed by atoms with Crippen LogP contribution in [0.4, 0.5) is 5.82 Å². The molecule has 0 amide bonds. The van der Waals surface area contributed by atoms with Crippen molar-refractivity contribution in [2.24, 2.45) is 11.8 Å². The van der Waals surface area contributed by atoms with Crippen molar-refractivity contribution in [3.05, 3.63) is 17.5 Å². The van der Waals surface area contributed by atoms with Crippen molar-refractivity contribution in [2.45, 2.75) is 39.2 Å². The van der Waals surface area contributed by atoms with E-state index in [2.05, 4.69) is 29.1 Å². The van der Waals surface area contributed by atoms with Gasteiger partial charge in [-0.05, 0) is 48.8 Å². The summed E-state index contributed by atoms with van der Waals surface area (Å²) < 4.78 is 0. The fourth-order valence-corrected chi connectivity index (χ4v) is 2.63. The lowest BCUT2D eigenvalue weighted by atomic mass is 9.80. The van der Waals surface area contributed by atoms with Crippen molar-refractivity contribution in [3.8, 4) is 0 Å². The molecule has 0 spiro atoms. The average Bonchev–Trinajstić information content (AvgIpc) is 2.22. The number of rotatable bonds is 2. The van der Waals surface area contributed by atoms with Crippen LogP contribution in [0.5, 0.6) is 0 Å². The van der Waals surface area contributed by atoms with Gasteiger partial charge in [0.05, 0.1) is 0 Å². The van der Waals surface area contributed by atoms with Crippen LogP contribution < -0.4 is 5.32 Å². The Bertz CT molecular complexity index is 356. The number of aromatic nitrogens is 2. The van der Waals surface area contributed by atoms with Crippen LogP contribution in [-0.4, -0.2) is 16.0 Å². The van der Waals surface area contributed by atoms with Crippen molar-refractivity contribution in [2.75, 3.05) is 5.32 Å². The van der Waals surface area contributed by atoms with E-state index in [4.69, 9.17) is 11.6 Å². The summed E-state index contributed by atoms with van der Waals surface area (Å²) >= 11 is 5.76. The Morgan fingerprint density at radius 1 is 1.38 bits per heavy atom. The van der Waals surface area contributed by atoms with E-state index < -0.39 is 0 Å². The molecule has 1 fully saturated rings. The summed E-state index contributed by atoms with van der Waals surface area (Å²) in [5.41, 5.74) is 0. The number of hydrogen-bond donors (Lipinski definition) is 1. The SMILES string of the molecule is CC1CCC(Nc2ccnc(Cl)n2)C(C)C1. The summed E-state index contributed by atoms with van der Waals surface area (Å²) in [6.07, 6.45) is 5.48. The van der Waals surface area contributed by atoms with Gasteiger partial charge in [0.2, 0.25) is 5.28 Å². The third kappa shape index (κ3) is 2.85. The third-order valence-electron chi connectivity index (χ3n) is 3.39. The normalized spacial score (nSPS) is 30.1. The van der Waals surface area contributed by atoms with E-state index in [0.29, 0.717) is 17.2 Å². The number of nitrogens with one attached hydrogen (secondary N) is 1. The molecule has 0 aromatic carbocycles. The fourth-order valence-electron chi connectivity index (χ4n) is 2.49. The molecular weight excluding hydrogens is 222 g/mol. The summed E-state index contributed by atoms with van der Waals surface area (Å²) in [5.74, 6) is 2.38. The topological polar surface area (TPSA) is 37.8 Å². The molecule has 1 aromatic rings. The predicted octanol–water partition coefficient (Wildman–Crippen LogP) is 3.37. The first kappa shape index (κ1) is 11.6. The zero-order chi connectivity index (χ0) is 11.5. The summed E-state index contributed by atoms with van der Waals surface area (Å²) in [6.45, 7) is 4.63. The van der Waals surface area contributed by atoms with E-state index in [1.807, 2.05) is 6.07 Å². The highest BCUT2D eigenvalue weighted by atomic mass is 35.5. The Hall–Kier alpha value is -0.830. The lowest BCUT2D eigenvalue weighted by molar-refractivity contribution is 0.276.